The van der Waals surface area contributed by atoms with Gasteiger partial charge in [-0.3, -0.25) is 14.8 Å². The molecule has 0 spiro atoms. The van der Waals surface area contributed by atoms with Gasteiger partial charge in [-0.15, -0.1) is 0 Å². The maximum atomic E-state index is 12.1. The molecule has 0 atom stereocenters. The molecular weight excluding hydrogens is 354 g/mol. The standard InChI is InChI=1S/C17H15N5O3S/c23-16(20-17-18-12-19-21-17)14-6-8-15(9-7-14)22-26(24,25)11-10-13-4-2-1-3-5-13/h1-12,22H,(H2,18,19,20,21,23)/b11-10+. The zero-order valence-corrected chi connectivity index (χ0v) is 14.3. The van der Waals surface area contributed by atoms with E-state index in [4.69, 9.17) is 0 Å². The molecule has 1 heterocycles. The number of sulfonamides is 1. The molecule has 0 fully saturated rings. The molecule has 0 radical (unpaired) electrons. The fourth-order valence-corrected chi connectivity index (χ4v) is 2.93. The first kappa shape index (κ1) is 17.4. The van der Waals surface area contributed by atoms with E-state index in [1.807, 2.05) is 18.2 Å². The number of aromatic nitrogens is 3. The fraction of sp³-hybridized carbons (Fsp3) is 0. The van der Waals surface area contributed by atoms with E-state index < -0.39 is 10.0 Å². The van der Waals surface area contributed by atoms with Crippen LogP contribution in [0.1, 0.15) is 15.9 Å². The van der Waals surface area contributed by atoms with Crippen LogP contribution in [0.4, 0.5) is 11.6 Å². The van der Waals surface area contributed by atoms with Crippen LogP contribution < -0.4 is 10.0 Å². The van der Waals surface area contributed by atoms with Crippen molar-refractivity contribution >= 4 is 33.6 Å². The van der Waals surface area contributed by atoms with Gasteiger partial charge in [-0.25, -0.2) is 13.5 Å². The third kappa shape index (κ3) is 4.77. The average molecular weight is 369 g/mol. The summed E-state index contributed by atoms with van der Waals surface area (Å²) in [5.41, 5.74) is 1.47. The number of aromatic amines is 1. The second-order valence-corrected chi connectivity index (χ2v) is 6.79. The maximum absolute atomic E-state index is 12.1. The topological polar surface area (TPSA) is 117 Å². The number of carbonyl (C=O) groups excluding carboxylic acids is 1. The van der Waals surface area contributed by atoms with Gasteiger partial charge in [0, 0.05) is 11.3 Å². The molecule has 2 aromatic carbocycles. The molecule has 8 nitrogen and oxygen atoms in total. The number of amides is 1. The summed E-state index contributed by atoms with van der Waals surface area (Å²) in [6.45, 7) is 0. The summed E-state index contributed by atoms with van der Waals surface area (Å²) in [5.74, 6) is -0.161. The van der Waals surface area contributed by atoms with Crippen molar-refractivity contribution in [2.75, 3.05) is 10.0 Å². The number of hydrogen-bond donors (Lipinski definition) is 3. The lowest BCUT2D eigenvalue weighted by atomic mass is 10.2. The summed E-state index contributed by atoms with van der Waals surface area (Å²) in [4.78, 5) is 15.8. The summed E-state index contributed by atoms with van der Waals surface area (Å²) < 4.78 is 26.6. The predicted molar refractivity (Wildman–Crippen MR) is 98.8 cm³/mol. The SMILES string of the molecule is O=C(Nc1ncn[nH]1)c1ccc(NS(=O)(=O)/C=C/c2ccccc2)cc1. The molecule has 0 aliphatic heterocycles. The van der Waals surface area contributed by atoms with E-state index in [2.05, 4.69) is 25.2 Å². The monoisotopic (exact) mass is 369 g/mol. The molecule has 0 unspecified atom stereocenters. The van der Waals surface area contributed by atoms with Crippen molar-refractivity contribution in [3.8, 4) is 0 Å². The Morgan fingerprint density at radius 3 is 2.42 bits per heavy atom. The number of nitrogens with one attached hydrogen (secondary N) is 3. The molecule has 3 aromatic rings. The number of benzene rings is 2. The zero-order chi connectivity index (χ0) is 18.4. The van der Waals surface area contributed by atoms with Gasteiger partial charge in [0.15, 0.2) is 0 Å². The minimum absolute atomic E-state index is 0.228. The minimum Gasteiger partial charge on any atom is -0.291 e. The van der Waals surface area contributed by atoms with E-state index >= 15 is 0 Å². The van der Waals surface area contributed by atoms with Crippen LogP contribution in [0.2, 0.25) is 0 Å². The van der Waals surface area contributed by atoms with E-state index in [9.17, 15) is 13.2 Å². The average Bonchev–Trinajstić information content (AvgIpc) is 3.14. The molecule has 0 aliphatic rings. The van der Waals surface area contributed by atoms with E-state index in [1.165, 1.54) is 36.7 Å². The lowest BCUT2D eigenvalue weighted by Crippen LogP contribution is -2.13. The van der Waals surface area contributed by atoms with E-state index in [0.717, 1.165) is 11.0 Å². The molecule has 0 bridgehead atoms. The predicted octanol–water partition coefficient (Wildman–Crippen LogP) is 2.47. The largest absolute Gasteiger partial charge is 0.291 e. The Bertz CT molecular complexity index is 998. The Hall–Kier alpha value is -3.46. The quantitative estimate of drug-likeness (QED) is 0.617. The summed E-state index contributed by atoms with van der Waals surface area (Å²) in [5, 5.41) is 9.76. The molecule has 132 valence electrons. The van der Waals surface area contributed by atoms with Crippen LogP contribution in [0.15, 0.2) is 66.3 Å². The Balaban J connectivity index is 1.65. The minimum atomic E-state index is -3.66. The lowest BCUT2D eigenvalue weighted by Gasteiger charge is -2.06. The number of anilines is 2. The van der Waals surface area contributed by atoms with Crippen molar-refractivity contribution in [1.29, 1.82) is 0 Å². The Kier molecular flexibility index (Phi) is 5.09. The van der Waals surface area contributed by atoms with Gasteiger partial charge < -0.3 is 0 Å². The number of nitrogens with zero attached hydrogens (tertiary/aromatic N) is 2. The third-order valence-electron chi connectivity index (χ3n) is 3.29. The number of carbonyl (C=O) groups is 1. The Morgan fingerprint density at radius 1 is 1.04 bits per heavy atom. The number of H-pyrrole nitrogens is 1. The van der Waals surface area contributed by atoms with Gasteiger partial charge in [0.1, 0.15) is 6.33 Å². The summed E-state index contributed by atoms with van der Waals surface area (Å²) in [6.07, 6.45) is 2.78. The molecule has 1 amide bonds. The smallest absolute Gasteiger partial charge is 0.258 e. The van der Waals surface area contributed by atoms with E-state index in [1.54, 1.807) is 12.1 Å². The number of rotatable bonds is 6. The first-order valence-electron chi connectivity index (χ1n) is 7.54. The first-order valence-corrected chi connectivity index (χ1v) is 9.09. The van der Waals surface area contributed by atoms with Gasteiger partial charge in [0.05, 0.1) is 5.41 Å². The van der Waals surface area contributed by atoms with Crippen LogP contribution in [0, 0.1) is 0 Å². The molecule has 9 heteroatoms. The summed E-state index contributed by atoms with van der Waals surface area (Å²) >= 11 is 0. The van der Waals surface area contributed by atoms with Crippen molar-refractivity contribution in [3.05, 3.63) is 77.5 Å². The fourth-order valence-electron chi connectivity index (χ4n) is 2.07. The zero-order valence-electron chi connectivity index (χ0n) is 13.5. The van der Waals surface area contributed by atoms with E-state index in [0.29, 0.717) is 11.3 Å². The van der Waals surface area contributed by atoms with E-state index in [-0.39, 0.29) is 11.9 Å². The van der Waals surface area contributed by atoms with Gasteiger partial charge in [-0.2, -0.15) is 10.1 Å². The maximum Gasteiger partial charge on any atom is 0.258 e. The van der Waals surface area contributed by atoms with Crippen LogP contribution in [-0.4, -0.2) is 29.5 Å². The Labute approximate surface area is 150 Å². The lowest BCUT2D eigenvalue weighted by molar-refractivity contribution is 0.102. The van der Waals surface area contributed by atoms with Gasteiger partial charge >= 0.3 is 0 Å². The molecule has 3 N–H and O–H groups in total. The van der Waals surface area contributed by atoms with Crippen molar-refractivity contribution in [2.45, 2.75) is 0 Å². The van der Waals surface area contributed by atoms with Crippen molar-refractivity contribution < 1.29 is 13.2 Å². The highest BCUT2D eigenvalue weighted by Crippen LogP contribution is 2.13. The molecule has 0 aliphatic carbocycles. The molecule has 0 saturated carbocycles. The van der Waals surface area contributed by atoms with Crippen LogP contribution in [0.5, 0.6) is 0 Å². The summed E-state index contributed by atoms with van der Waals surface area (Å²) in [6, 6.07) is 15.1. The van der Waals surface area contributed by atoms with Gasteiger partial charge in [0.2, 0.25) is 5.95 Å². The molecule has 0 saturated heterocycles. The highest BCUT2D eigenvalue weighted by atomic mass is 32.2. The molecule has 1 aromatic heterocycles. The molecule has 3 rings (SSSR count). The number of hydrogen-bond acceptors (Lipinski definition) is 5. The first-order chi connectivity index (χ1) is 12.5. The van der Waals surface area contributed by atoms with Crippen LogP contribution in [0.25, 0.3) is 6.08 Å². The highest BCUT2D eigenvalue weighted by Gasteiger charge is 2.09. The second-order valence-electron chi connectivity index (χ2n) is 5.23. The molecule has 26 heavy (non-hydrogen) atoms. The van der Waals surface area contributed by atoms with Crippen LogP contribution in [-0.2, 0) is 10.0 Å². The molecular formula is C17H15N5O3S. The van der Waals surface area contributed by atoms with Gasteiger partial charge in [-0.05, 0) is 35.9 Å². The normalized spacial score (nSPS) is 11.4. The third-order valence-corrected chi connectivity index (χ3v) is 4.31. The van der Waals surface area contributed by atoms with Gasteiger partial charge in [-0.1, -0.05) is 30.3 Å². The van der Waals surface area contributed by atoms with Crippen molar-refractivity contribution in [3.63, 3.8) is 0 Å². The highest BCUT2D eigenvalue weighted by molar-refractivity contribution is 7.95. The van der Waals surface area contributed by atoms with Crippen molar-refractivity contribution in [1.82, 2.24) is 15.2 Å². The second kappa shape index (κ2) is 7.62. The van der Waals surface area contributed by atoms with Crippen LogP contribution >= 0.6 is 0 Å². The summed E-state index contributed by atoms with van der Waals surface area (Å²) in [7, 11) is -3.66. The Morgan fingerprint density at radius 2 is 1.77 bits per heavy atom. The van der Waals surface area contributed by atoms with Crippen LogP contribution in [0.3, 0.4) is 0 Å². The van der Waals surface area contributed by atoms with Gasteiger partial charge in [0.25, 0.3) is 15.9 Å². The van der Waals surface area contributed by atoms with Crippen molar-refractivity contribution in [2.24, 2.45) is 0 Å².